The fourth-order valence-corrected chi connectivity index (χ4v) is 4.63. The van der Waals surface area contributed by atoms with Gasteiger partial charge in [0.05, 0.1) is 37.3 Å². The molecule has 2 amide bonds. The van der Waals surface area contributed by atoms with Crippen LogP contribution in [0.25, 0.3) is 0 Å². The maximum absolute atomic E-state index is 12.6. The minimum Gasteiger partial charge on any atom is -0.388 e. The van der Waals surface area contributed by atoms with Crippen LogP contribution >= 0.6 is 0 Å². The summed E-state index contributed by atoms with van der Waals surface area (Å²) in [7, 11) is 0. The number of hydrogen-bond acceptors (Lipinski definition) is 13. The summed E-state index contributed by atoms with van der Waals surface area (Å²) in [6.45, 7) is 4.11. The Morgan fingerprint density at radius 1 is 0.711 bits per heavy atom. The Labute approximate surface area is 220 Å². The molecule has 0 aliphatic carbocycles. The smallest absolute Gasteiger partial charge is 0.224 e. The summed E-state index contributed by atoms with van der Waals surface area (Å²) in [5.41, 5.74) is 0. The topological polar surface area (TPSA) is 229 Å². The average molecular weight is 552 g/mol. The first-order valence-corrected chi connectivity index (χ1v) is 12.9. The van der Waals surface area contributed by atoms with E-state index in [0.717, 1.165) is 0 Å². The predicted molar refractivity (Wildman–Crippen MR) is 127 cm³/mol. The number of carbonyl (C=O) groups is 2. The highest BCUT2D eigenvalue weighted by Crippen LogP contribution is 2.23. The summed E-state index contributed by atoms with van der Waals surface area (Å²) < 4.78 is 21.5. The lowest BCUT2D eigenvalue weighted by molar-refractivity contribution is -0.292. The second kappa shape index (κ2) is 14.2. The van der Waals surface area contributed by atoms with Gasteiger partial charge in [-0.3, -0.25) is 9.59 Å². The molecule has 0 aromatic rings. The Bertz CT molecular complexity index is 718. The van der Waals surface area contributed by atoms with Gasteiger partial charge >= 0.3 is 0 Å². The van der Waals surface area contributed by atoms with Crippen molar-refractivity contribution in [3.8, 4) is 0 Å². The molecule has 0 aromatic carbocycles. The Hall–Kier alpha value is -1.50. The lowest BCUT2D eigenvalue weighted by Crippen LogP contribution is -2.57. The molecule has 9 N–H and O–H groups in total. The van der Waals surface area contributed by atoms with E-state index < -0.39 is 73.2 Å². The number of nitrogens with one attached hydrogen (secondary N) is 3. The molecule has 12 atom stereocenters. The van der Waals surface area contributed by atoms with E-state index in [0.29, 0.717) is 19.5 Å². The molecule has 3 aliphatic rings. The molecular weight excluding hydrogens is 510 g/mol. The third kappa shape index (κ3) is 7.79. The Morgan fingerprint density at radius 2 is 1.11 bits per heavy atom. The van der Waals surface area contributed by atoms with Crippen LogP contribution in [0.4, 0.5) is 0 Å². The number of piperidine rings is 1. The summed E-state index contributed by atoms with van der Waals surface area (Å²) in [5.74, 6) is -1.45. The fraction of sp³-hybridized carbons (Fsp3) is 0.913. The molecule has 0 bridgehead atoms. The van der Waals surface area contributed by atoms with E-state index >= 15 is 0 Å². The molecule has 3 rings (SSSR count). The van der Waals surface area contributed by atoms with Crippen LogP contribution in [-0.2, 0) is 28.5 Å². The monoisotopic (exact) mass is 551 g/mol. The van der Waals surface area contributed by atoms with Gasteiger partial charge in [0.1, 0.15) is 36.6 Å². The highest BCUT2D eigenvalue weighted by molar-refractivity contribution is 5.82. The summed E-state index contributed by atoms with van der Waals surface area (Å²) >= 11 is 0. The van der Waals surface area contributed by atoms with Crippen LogP contribution in [0.1, 0.15) is 20.3 Å². The molecule has 220 valence electrons. The van der Waals surface area contributed by atoms with Gasteiger partial charge in [-0.1, -0.05) is 0 Å². The zero-order valence-corrected chi connectivity index (χ0v) is 21.5. The SMILES string of the molecule is C[C@@H]1O[C@@H](OCCNC(=O)C2CNCC(C(=O)NCCO[C@@H]3O[C@@H](C)[C@@H](O)[C@@H](O)[C@@H]3O)C2)[C@@H](O)[C@H](O)[C@@H]1O. The largest absolute Gasteiger partial charge is 0.388 e. The van der Waals surface area contributed by atoms with Gasteiger partial charge < -0.3 is 65.5 Å². The van der Waals surface area contributed by atoms with Crippen molar-refractivity contribution in [2.75, 3.05) is 39.4 Å². The van der Waals surface area contributed by atoms with E-state index in [1.807, 2.05) is 0 Å². The van der Waals surface area contributed by atoms with Crippen LogP contribution in [0, 0.1) is 11.8 Å². The summed E-state index contributed by atoms with van der Waals surface area (Å²) in [6.07, 6.45) is -11.5. The van der Waals surface area contributed by atoms with Gasteiger partial charge in [-0.2, -0.15) is 0 Å². The van der Waals surface area contributed by atoms with Crippen molar-refractivity contribution in [2.24, 2.45) is 11.8 Å². The lowest BCUT2D eigenvalue weighted by atomic mass is 9.89. The van der Waals surface area contributed by atoms with E-state index in [4.69, 9.17) is 18.9 Å². The number of aliphatic hydroxyl groups is 6. The van der Waals surface area contributed by atoms with E-state index in [-0.39, 0.29) is 38.1 Å². The van der Waals surface area contributed by atoms with E-state index in [2.05, 4.69) is 16.0 Å². The maximum atomic E-state index is 12.6. The molecule has 15 heteroatoms. The molecule has 3 fully saturated rings. The lowest BCUT2D eigenvalue weighted by Gasteiger charge is -2.39. The second-order valence-electron chi connectivity index (χ2n) is 9.97. The van der Waals surface area contributed by atoms with E-state index in [1.54, 1.807) is 13.8 Å². The standard InChI is InChI=1S/C23H41N3O12/c1-10-14(27)16(29)18(31)22(37-10)35-5-3-25-20(33)12-7-13(9-24-8-12)21(34)26-4-6-36-23-19(32)17(30)15(28)11(2)38-23/h10-19,22-24,27-32H,3-9H2,1-2H3,(H,25,33)(H,26,34)/t10-,11-,12?,13?,14+,15+,16+,17+,18-,19-,22+,23+/m0/s1. The Balaban J connectivity index is 1.32. The van der Waals surface area contributed by atoms with Gasteiger partial charge in [-0.15, -0.1) is 0 Å². The summed E-state index contributed by atoms with van der Waals surface area (Å²) in [4.78, 5) is 25.2. The minimum atomic E-state index is -1.42. The molecule has 15 nitrogen and oxygen atoms in total. The number of carbonyl (C=O) groups excluding carboxylic acids is 2. The summed E-state index contributed by atoms with van der Waals surface area (Å²) in [6, 6.07) is 0. The Morgan fingerprint density at radius 3 is 1.50 bits per heavy atom. The fourth-order valence-electron chi connectivity index (χ4n) is 4.63. The molecule has 0 saturated carbocycles. The van der Waals surface area contributed by atoms with Gasteiger partial charge in [-0.05, 0) is 20.3 Å². The molecule has 0 aromatic heterocycles. The van der Waals surface area contributed by atoms with E-state index in [1.165, 1.54) is 0 Å². The Kier molecular flexibility index (Phi) is 11.6. The van der Waals surface area contributed by atoms with Gasteiger partial charge in [-0.25, -0.2) is 0 Å². The molecule has 3 saturated heterocycles. The van der Waals surface area contributed by atoms with Gasteiger partial charge in [0.2, 0.25) is 11.8 Å². The number of hydrogen-bond donors (Lipinski definition) is 9. The molecule has 2 unspecified atom stereocenters. The first-order valence-electron chi connectivity index (χ1n) is 12.9. The molecule has 38 heavy (non-hydrogen) atoms. The van der Waals surface area contributed by atoms with Crippen LogP contribution in [0.2, 0.25) is 0 Å². The van der Waals surface area contributed by atoms with Crippen molar-refractivity contribution in [3.63, 3.8) is 0 Å². The van der Waals surface area contributed by atoms with Crippen LogP contribution in [0.5, 0.6) is 0 Å². The number of rotatable bonds is 10. The van der Waals surface area contributed by atoms with E-state index in [9.17, 15) is 40.2 Å². The van der Waals surface area contributed by atoms with Gasteiger partial charge in [0.15, 0.2) is 12.6 Å². The first kappa shape index (κ1) is 31.0. The van der Waals surface area contributed by atoms with Crippen molar-refractivity contribution in [3.05, 3.63) is 0 Å². The average Bonchev–Trinajstić information content (AvgIpc) is 2.91. The van der Waals surface area contributed by atoms with Crippen molar-refractivity contribution < 1.29 is 59.2 Å². The van der Waals surface area contributed by atoms with Crippen molar-refractivity contribution in [2.45, 2.75) is 81.7 Å². The molecular formula is C23H41N3O12. The normalized spacial score (nSPS) is 41.9. The first-order chi connectivity index (χ1) is 18.0. The van der Waals surface area contributed by atoms with Crippen LogP contribution in [-0.4, -0.2) is 143 Å². The molecule has 0 radical (unpaired) electrons. The zero-order valence-electron chi connectivity index (χ0n) is 21.5. The third-order valence-corrected chi connectivity index (χ3v) is 7.08. The maximum Gasteiger partial charge on any atom is 0.224 e. The summed E-state index contributed by atoms with van der Waals surface area (Å²) in [5, 5.41) is 67.5. The molecule has 3 heterocycles. The molecule has 3 aliphatic heterocycles. The quantitative estimate of drug-likeness (QED) is 0.116. The van der Waals surface area contributed by atoms with Crippen molar-refractivity contribution in [1.82, 2.24) is 16.0 Å². The zero-order chi connectivity index (χ0) is 28.0. The van der Waals surface area contributed by atoms with Gasteiger partial charge in [0.25, 0.3) is 0 Å². The second-order valence-corrected chi connectivity index (χ2v) is 9.97. The minimum absolute atomic E-state index is 0.00123. The highest BCUT2D eigenvalue weighted by atomic mass is 16.7. The van der Waals surface area contributed by atoms with Crippen LogP contribution in [0.15, 0.2) is 0 Å². The number of aliphatic hydroxyl groups excluding tert-OH is 6. The van der Waals surface area contributed by atoms with Crippen molar-refractivity contribution in [1.29, 1.82) is 0 Å². The number of amides is 2. The third-order valence-electron chi connectivity index (χ3n) is 7.08. The van der Waals surface area contributed by atoms with Crippen LogP contribution in [0.3, 0.4) is 0 Å². The van der Waals surface area contributed by atoms with Crippen LogP contribution < -0.4 is 16.0 Å². The number of ether oxygens (including phenoxy) is 4. The molecule has 0 spiro atoms. The predicted octanol–water partition coefficient (Wildman–Crippen LogP) is -4.87. The van der Waals surface area contributed by atoms with Gasteiger partial charge in [0, 0.05) is 26.2 Å². The van der Waals surface area contributed by atoms with Crippen molar-refractivity contribution >= 4 is 11.8 Å². The highest BCUT2D eigenvalue weighted by Gasteiger charge is 2.43.